The van der Waals surface area contributed by atoms with Crippen LogP contribution in [-0.4, -0.2) is 26.3 Å². The molecule has 0 aromatic carbocycles. The average Bonchev–Trinajstić information content (AvgIpc) is 2.76. The molecular formula is C12H16IN5. The summed E-state index contributed by atoms with van der Waals surface area (Å²) in [5, 5.41) is 7.57. The van der Waals surface area contributed by atoms with E-state index in [0.29, 0.717) is 5.95 Å². The molecule has 96 valence electrons. The molecule has 2 rings (SSSR count). The summed E-state index contributed by atoms with van der Waals surface area (Å²) in [7, 11) is 0. The molecule has 18 heavy (non-hydrogen) atoms. The summed E-state index contributed by atoms with van der Waals surface area (Å²) < 4.78 is 2.78. The van der Waals surface area contributed by atoms with E-state index in [9.17, 15) is 0 Å². The first-order chi connectivity index (χ1) is 8.69. The lowest BCUT2D eigenvalue weighted by Crippen LogP contribution is -2.16. The van der Waals surface area contributed by atoms with Crippen molar-refractivity contribution in [1.82, 2.24) is 25.1 Å². The van der Waals surface area contributed by atoms with Gasteiger partial charge in [-0.2, -0.15) is 5.10 Å². The Balaban J connectivity index is 2.21. The van der Waals surface area contributed by atoms with Crippen LogP contribution in [-0.2, 0) is 6.54 Å². The van der Waals surface area contributed by atoms with Gasteiger partial charge in [-0.25, -0.2) is 14.6 Å². The first kappa shape index (κ1) is 13.4. The Kier molecular flexibility index (Phi) is 4.65. The van der Waals surface area contributed by atoms with Crippen LogP contribution in [0.4, 0.5) is 0 Å². The number of halogens is 1. The van der Waals surface area contributed by atoms with Crippen molar-refractivity contribution < 1.29 is 0 Å². The molecule has 0 aliphatic rings. The number of hydrogen-bond acceptors (Lipinski definition) is 4. The molecule has 0 radical (unpaired) electrons. The lowest BCUT2D eigenvalue weighted by atomic mass is 10.3. The van der Waals surface area contributed by atoms with Gasteiger partial charge in [-0.15, -0.1) is 0 Å². The predicted octanol–water partition coefficient (Wildman–Crippen LogP) is 2.07. The smallest absolute Gasteiger partial charge is 0.251 e. The third kappa shape index (κ3) is 3.49. The van der Waals surface area contributed by atoms with Gasteiger partial charge in [0.15, 0.2) is 0 Å². The Morgan fingerprint density at radius 1 is 1.39 bits per heavy atom. The molecule has 0 fully saturated rings. The van der Waals surface area contributed by atoms with Crippen molar-refractivity contribution in [1.29, 1.82) is 0 Å². The molecular weight excluding hydrogens is 341 g/mol. The number of aryl methyl sites for hydroxylation is 1. The lowest BCUT2D eigenvalue weighted by Gasteiger charge is -2.06. The first-order valence-corrected chi connectivity index (χ1v) is 7.02. The van der Waals surface area contributed by atoms with Crippen molar-refractivity contribution in [3.05, 3.63) is 33.4 Å². The second-order valence-corrected chi connectivity index (χ2v) is 5.33. The SMILES string of the molecule is CCCNCc1cc(C)nc(-n2cc(I)cn2)n1. The predicted molar refractivity (Wildman–Crippen MR) is 78.6 cm³/mol. The van der Waals surface area contributed by atoms with E-state index in [1.165, 1.54) is 0 Å². The molecule has 0 bridgehead atoms. The van der Waals surface area contributed by atoms with Crippen LogP contribution in [0, 0.1) is 10.5 Å². The molecule has 0 unspecified atom stereocenters. The van der Waals surface area contributed by atoms with E-state index >= 15 is 0 Å². The van der Waals surface area contributed by atoms with Crippen LogP contribution in [0.2, 0.25) is 0 Å². The maximum atomic E-state index is 4.51. The molecule has 0 saturated heterocycles. The molecule has 1 N–H and O–H groups in total. The van der Waals surface area contributed by atoms with Gasteiger partial charge in [0.1, 0.15) is 0 Å². The van der Waals surface area contributed by atoms with Crippen LogP contribution in [0.15, 0.2) is 18.5 Å². The molecule has 0 amide bonds. The number of nitrogens with one attached hydrogen (secondary N) is 1. The molecule has 6 heteroatoms. The van der Waals surface area contributed by atoms with E-state index in [0.717, 1.165) is 34.5 Å². The zero-order chi connectivity index (χ0) is 13.0. The number of nitrogens with zero attached hydrogens (tertiary/aromatic N) is 4. The van der Waals surface area contributed by atoms with Crippen molar-refractivity contribution in [2.75, 3.05) is 6.54 Å². The van der Waals surface area contributed by atoms with Crippen LogP contribution in [0.25, 0.3) is 5.95 Å². The third-order valence-electron chi connectivity index (χ3n) is 2.38. The highest BCUT2D eigenvalue weighted by atomic mass is 127. The van der Waals surface area contributed by atoms with Gasteiger partial charge < -0.3 is 5.32 Å². The number of aromatic nitrogens is 4. The van der Waals surface area contributed by atoms with Gasteiger partial charge in [-0.05, 0) is 48.5 Å². The minimum absolute atomic E-state index is 0.631. The second kappa shape index (κ2) is 6.24. The molecule has 0 spiro atoms. The summed E-state index contributed by atoms with van der Waals surface area (Å²) in [6.07, 6.45) is 4.83. The fraction of sp³-hybridized carbons (Fsp3) is 0.417. The van der Waals surface area contributed by atoms with Crippen LogP contribution in [0.3, 0.4) is 0 Å². The summed E-state index contributed by atoms with van der Waals surface area (Å²) in [5.41, 5.74) is 1.95. The third-order valence-corrected chi connectivity index (χ3v) is 2.94. The fourth-order valence-electron chi connectivity index (χ4n) is 1.61. The summed E-state index contributed by atoms with van der Waals surface area (Å²) in [5.74, 6) is 0.631. The van der Waals surface area contributed by atoms with Gasteiger partial charge in [-0.1, -0.05) is 6.92 Å². The Labute approximate surface area is 120 Å². The topological polar surface area (TPSA) is 55.6 Å². The van der Waals surface area contributed by atoms with Crippen molar-refractivity contribution in [2.45, 2.75) is 26.8 Å². The summed E-state index contributed by atoms with van der Waals surface area (Å²) >= 11 is 2.22. The average molecular weight is 357 g/mol. The van der Waals surface area contributed by atoms with Crippen LogP contribution in [0.1, 0.15) is 24.7 Å². The van der Waals surface area contributed by atoms with Crippen LogP contribution >= 0.6 is 22.6 Å². The van der Waals surface area contributed by atoms with E-state index in [1.54, 1.807) is 10.9 Å². The van der Waals surface area contributed by atoms with Gasteiger partial charge in [0.05, 0.1) is 15.5 Å². The molecule has 2 aromatic rings. The van der Waals surface area contributed by atoms with E-state index in [2.05, 4.69) is 49.9 Å². The Morgan fingerprint density at radius 2 is 2.22 bits per heavy atom. The van der Waals surface area contributed by atoms with E-state index in [4.69, 9.17) is 0 Å². The van der Waals surface area contributed by atoms with Gasteiger partial charge in [0.25, 0.3) is 5.95 Å². The largest absolute Gasteiger partial charge is 0.311 e. The van der Waals surface area contributed by atoms with Crippen molar-refractivity contribution in [2.24, 2.45) is 0 Å². The maximum absolute atomic E-state index is 4.51. The summed E-state index contributed by atoms with van der Waals surface area (Å²) in [6, 6.07) is 2.00. The summed E-state index contributed by atoms with van der Waals surface area (Å²) in [4.78, 5) is 8.92. The van der Waals surface area contributed by atoms with Gasteiger partial charge in [0.2, 0.25) is 0 Å². The Hall–Kier alpha value is -1.02. The Bertz CT molecular complexity index is 523. The van der Waals surface area contributed by atoms with E-state index in [-0.39, 0.29) is 0 Å². The van der Waals surface area contributed by atoms with Gasteiger partial charge in [-0.3, -0.25) is 0 Å². The lowest BCUT2D eigenvalue weighted by molar-refractivity contribution is 0.656. The second-order valence-electron chi connectivity index (χ2n) is 4.08. The quantitative estimate of drug-likeness (QED) is 0.658. The molecule has 2 heterocycles. The zero-order valence-electron chi connectivity index (χ0n) is 10.5. The molecule has 0 aliphatic heterocycles. The minimum Gasteiger partial charge on any atom is -0.311 e. The monoisotopic (exact) mass is 357 g/mol. The van der Waals surface area contributed by atoms with Crippen molar-refractivity contribution >= 4 is 22.6 Å². The zero-order valence-corrected chi connectivity index (χ0v) is 12.7. The van der Waals surface area contributed by atoms with Gasteiger partial charge in [0, 0.05) is 18.4 Å². The van der Waals surface area contributed by atoms with E-state index < -0.39 is 0 Å². The molecule has 2 aromatic heterocycles. The normalized spacial score (nSPS) is 10.8. The molecule has 5 nitrogen and oxygen atoms in total. The van der Waals surface area contributed by atoms with Gasteiger partial charge >= 0.3 is 0 Å². The highest BCUT2D eigenvalue weighted by molar-refractivity contribution is 14.1. The highest BCUT2D eigenvalue weighted by Crippen LogP contribution is 2.08. The van der Waals surface area contributed by atoms with E-state index in [1.807, 2.05) is 19.2 Å². The first-order valence-electron chi connectivity index (χ1n) is 5.95. The van der Waals surface area contributed by atoms with Crippen molar-refractivity contribution in [3.8, 4) is 5.95 Å². The molecule has 0 atom stereocenters. The standard InChI is InChI=1S/C12H16IN5/c1-3-4-14-7-11-5-9(2)16-12(17-11)18-8-10(13)6-15-18/h5-6,8,14H,3-4,7H2,1-2H3. The number of rotatable bonds is 5. The fourth-order valence-corrected chi connectivity index (χ4v) is 2.00. The molecule has 0 aliphatic carbocycles. The molecule has 0 saturated carbocycles. The maximum Gasteiger partial charge on any atom is 0.251 e. The highest BCUT2D eigenvalue weighted by Gasteiger charge is 2.05. The van der Waals surface area contributed by atoms with Crippen LogP contribution < -0.4 is 5.32 Å². The van der Waals surface area contributed by atoms with Crippen molar-refractivity contribution in [3.63, 3.8) is 0 Å². The summed E-state index contributed by atoms with van der Waals surface area (Å²) in [6.45, 7) is 5.89. The van der Waals surface area contributed by atoms with Crippen LogP contribution in [0.5, 0.6) is 0 Å². The number of hydrogen-bond donors (Lipinski definition) is 1. The minimum atomic E-state index is 0.631. The Morgan fingerprint density at radius 3 is 2.89 bits per heavy atom.